The molecule has 2 fully saturated rings. The van der Waals surface area contributed by atoms with Crippen molar-refractivity contribution >= 4 is 35.4 Å². The summed E-state index contributed by atoms with van der Waals surface area (Å²) in [4.78, 5) is 24.9. The van der Waals surface area contributed by atoms with Crippen LogP contribution in [0.15, 0.2) is 0 Å². The predicted molar refractivity (Wildman–Crippen MR) is 70.5 cm³/mol. The van der Waals surface area contributed by atoms with E-state index in [1.807, 2.05) is 16.7 Å². The average molecular weight is 275 g/mol. The summed E-state index contributed by atoms with van der Waals surface area (Å²) in [6.45, 7) is 0.711. The molecule has 0 spiro atoms. The fourth-order valence-corrected chi connectivity index (χ4v) is 4.55. The molecule has 0 aromatic heterocycles. The Labute approximate surface area is 110 Å². The van der Waals surface area contributed by atoms with Crippen molar-refractivity contribution < 1.29 is 14.7 Å². The van der Waals surface area contributed by atoms with Crippen molar-refractivity contribution in [2.75, 3.05) is 29.6 Å². The average Bonchev–Trinajstić information content (AvgIpc) is 2.81. The first kappa shape index (κ1) is 13.1. The number of thioether (sulfide) groups is 2. The molecular weight excluding hydrogens is 258 g/mol. The second kappa shape index (κ2) is 6.00. The molecule has 4 nitrogen and oxygen atoms in total. The first-order valence-corrected chi connectivity index (χ1v) is 8.17. The van der Waals surface area contributed by atoms with Gasteiger partial charge in [-0.2, -0.15) is 23.5 Å². The number of carboxylic acids is 1. The van der Waals surface area contributed by atoms with Gasteiger partial charge in [0.25, 0.3) is 0 Å². The maximum atomic E-state index is 12.3. The summed E-state index contributed by atoms with van der Waals surface area (Å²) < 4.78 is 0. The van der Waals surface area contributed by atoms with Crippen molar-refractivity contribution in [3.05, 3.63) is 0 Å². The van der Waals surface area contributed by atoms with Gasteiger partial charge in [-0.1, -0.05) is 0 Å². The Hall–Kier alpha value is -0.360. The summed E-state index contributed by atoms with van der Waals surface area (Å²) >= 11 is 3.57. The van der Waals surface area contributed by atoms with E-state index in [4.69, 9.17) is 5.11 Å². The van der Waals surface area contributed by atoms with Crippen LogP contribution >= 0.6 is 23.5 Å². The molecule has 0 aromatic rings. The van der Waals surface area contributed by atoms with Crippen LogP contribution in [0.5, 0.6) is 0 Å². The highest BCUT2D eigenvalue weighted by Crippen LogP contribution is 2.28. The number of carboxylic acid groups (broad SMARTS) is 1. The molecule has 0 radical (unpaired) electrons. The Kier molecular flexibility index (Phi) is 4.62. The SMILES string of the molecule is O=C(O)CC1CSCCN1C(=O)C1CCSC1. The quantitative estimate of drug-likeness (QED) is 0.837. The van der Waals surface area contributed by atoms with Crippen LogP contribution in [0.1, 0.15) is 12.8 Å². The van der Waals surface area contributed by atoms with Gasteiger partial charge in [0, 0.05) is 29.7 Å². The minimum atomic E-state index is -0.809. The van der Waals surface area contributed by atoms with Gasteiger partial charge in [0.2, 0.25) is 5.91 Å². The van der Waals surface area contributed by atoms with Gasteiger partial charge in [0.1, 0.15) is 0 Å². The molecule has 2 atom stereocenters. The van der Waals surface area contributed by atoms with Crippen LogP contribution in [0.25, 0.3) is 0 Å². The third kappa shape index (κ3) is 3.31. The summed E-state index contributed by atoms with van der Waals surface area (Å²) in [7, 11) is 0. The van der Waals surface area contributed by atoms with E-state index in [0.717, 1.165) is 29.4 Å². The summed E-state index contributed by atoms with van der Waals surface area (Å²) in [5.74, 6) is 3.15. The Bertz CT molecular complexity index is 305. The third-order valence-electron chi connectivity index (χ3n) is 3.20. The molecule has 1 N–H and O–H groups in total. The first-order valence-electron chi connectivity index (χ1n) is 5.86. The van der Waals surface area contributed by atoms with Crippen molar-refractivity contribution in [1.29, 1.82) is 0 Å². The van der Waals surface area contributed by atoms with Crippen molar-refractivity contribution in [2.45, 2.75) is 18.9 Å². The normalized spacial score (nSPS) is 29.3. The van der Waals surface area contributed by atoms with E-state index in [1.165, 1.54) is 0 Å². The van der Waals surface area contributed by atoms with Gasteiger partial charge in [-0.15, -0.1) is 0 Å². The molecule has 1 amide bonds. The molecule has 0 aromatic carbocycles. The van der Waals surface area contributed by atoms with Crippen LogP contribution in [0.2, 0.25) is 0 Å². The molecule has 2 unspecified atom stereocenters. The number of nitrogens with zero attached hydrogens (tertiary/aromatic N) is 1. The second-order valence-corrected chi connectivity index (χ2v) is 6.72. The molecule has 17 heavy (non-hydrogen) atoms. The predicted octanol–water partition coefficient (Wildman–Crippen LogP) is 1.16. The molecule has 2 saturated heterocycles. The largest absolute Gasteiger partial charge is 0.481 e. The summed E-state index contributed by atoms with van der Waals surface area (Å²) in [5.41, 5.74) is 0. The van der Waals surface area contributed by atoms with E-state index in [2.05, 4.69) is 0 Å². The molecule has 2 heterocycles. The van der Waals surface area contributed by atoms with E-state index in [9.17, 15) is 9.59 Å². The number of carbonyl (C=O) groups excluding carboxylic acids is 1. The van der Waals surface area contributed by atoms with Crippen LogP contribution < -0.4 is 0 Å². The summed E-state index contributed by atoms with van der Waals surface area (Å²) in [6, 6.07) is -0.107. The molecule has 2 aliphatic heterocycles. The summed E-state index contributed by atoms with van der Waals surface area (Å²) in [6.07, 6.45) is 1.03. The van der Waals surface area contributed by atoms with Gasteiger partial charge >= 0.3 is 5.97 Å². The van der Waals surface area contributed by atoms with Gasteiger partial charge in [0.05, 0.1) is 12.5 Å². The smallest absolute Gasteiger partial charge is 0.305 e. The number of amides is 1. The van der Waals surface area contributed by atoms with E-state index < -0.39 is 5.97 Å². The zero-order chi connectivity index (χ0) is 12.3. The number of carbonyl (C=O) groups is 2. The first-order chi connectivity index (χ1) is 8.18. The van der Waals surface area contributed by atoms with Gasteiger partial charge < -0.3 is 10.0 Å². The van der Waals surface area contributed by atoms with Crippen LogP contribution in [0.3, 0.4) is 0 Å². The van der Waals surface area contributed by atoms with Gasteiger partial charge in [-0.25, -0.2) is 0 Å². The van der Waals surface area contributed by atoms with E-state index in [-0.39, 0.29) is 24.3 Å². The molecule has 2 aliphatic rings. The number of aliphatic carboxylic acids is 1. The molecule has 2 rings (SSSR count). The van der Waals surface area contributed by atoms with Crippen molar-refractivity contribution in [3.8, 4) is 0 Å². The monoisotopic (exact) mass is 275 g/mol. The zero-order valence-corrected chi connectivity index (χ0v) is 11.3. The highest BCUT2D eigenvalue weighted by atomic mass is 32.2. The van der Waals surface area contributed by atoms with Crippen molar-refractivity contribution in [2.24, 2.45) is 5.92 Å². The van der Waals surface area contributed by atoms with Crippen LogP contribution in [0, 0.1) is 5.92 Å². The van der Waals surface area contributed by atoms with Gasteiger partial charge in [-0.3, -0.25) is 9.59 Å². The number of rotatable bonds is 3. The highest BCUT2D eigenvalue weighted by Gasteiger charge is 2.34. The molecule has 0 bridgehead atoms. The Morgan fingerprint density at radius 2 is 2.00 bits per heavy atom. The van der Waals surface area contributed by atoms with E-state index in [0.29, 0.717) is 6.54 Å². The lowest BCUT2D eigenvalue weighted by molar-refractivity contribution is -0.141. The molecule has 0 aliphatic carbocycles. The lowest BCUT2D eigenvalue weighted by Crippen LogP contribution is -2.49. The maximum Gasteiger partial charge on any atom is 0.305 e. The topological polar surface area (TPSA) is 57.6 Å². The van der Waals surface area contributed by atoms with E-state index in [1.54, 1.807) is 11.8 Å². The highest BCUT2D eigenvalue weighted by molar-refractivity contribution is 7.99. The molecular formula is C11H17NO3S2. The zero-order valence-electron chi connectivity index (χ0n) is 9.63. The minimum absolute atomic E-state index is 0.0819. The lowest BCUT2D eigenvalue weighted by Gasteiger charge is -2.36. The maximum absolute atomic E-state index is 12.3. The second-order valence-electron chi connectivity index (χ2n) is 4.42. The fraction of sp³-hybridized carbons (Fsp3) is 0.818. The fourth-order valence-electron chi connectivity index (χ4n) is 2.28. The van der Waals surface area contributed by atoms with E-state index >= 15 is 0 Å². The van der Waals surface area contributed by atoms with Crippen LogP contribution in [0.4, 0.5) is 0 Å². The number of hydrogen-bond acceptors (Lipinski definition) is 4. The minimum Gasteiger partial charge on any atom is -0.481 e. The third-order valence-corrected chi connectivity index (χ3v) is 5.45. The van der Waals surface area contributed by atoms with Crippen molar-refractivity contribution in [1.82, 2.24) is 4.90 Å². The lowest BCUT2D eigenvalue weighted by atomic mass is 10.1. The molecule has 0 saturated carbocycles. The summed E-state index contributed by atoms with van der Waals surface area (Å²) in [5, 5.41) is 8.88. The van der Waals surface area contributed by atoms with Crippen LogP contribution in [-0.4, -0.2) is 57.5 Å². The number of hydrogen-bond donors (Lipinski definition) is 1. The Morgan fingerprint density at radius 1 is 1.24 bits per heavy atom. The Balaban J connectivity index is 1.99. The molecule has 96 valence electrons. The van der Waals surface area contributed by atoms with Gasteiger partial charge in [0.15, 0.2) is 0 Å². The molecule has 6 heteroatoms. The standard InChI is InChI=1S/C11H17NO3S2/c13-10(14)5-9-7-17-4-2-12(9)11(15)8-1-3-16-6-8/h8-9H,1-7H2,(H,13,14). The Morgan fingerprint density at radius 3 is 2.65 bits per heavy atom. The van der Waals surface area contributed by atoms with Gasteiger partial charge in [-0.05, 0) is 12.2 Å². The van der Waals surface area contributed by atoms with Crippen molar-refractivity contribution in [3.63, 3.8) is 0 Å². The van der Waals surface area contributed by atoms with Crippen LogP contribution in [-0.2, 0) is 9.59 Å².